The van der Waals surface area contributed by atoms with Crippen molar-refractivity contribution < 1.29 is 31.1 Å². The van der Waals surface area contributed by atoms with Crippen molar-refractivity contribution in [3.05, 3.63) is 76.5 Å². The van der Waals surface area contributed by atoms with Gasteiger partial charge in [0.2, 0.25) is 0 Å². The van der Waals surface area contributed by atoms with Crippen LogP contribution in [0.15, 0.2) is 59.7 Å². The van der Waals surface area contributed by atoms with Gasteiger partial charge < -0.3 is 4.74 Å². The van der Waals surface area contributed by atoms with Gasteiger partial charge in [-0.3, -0.25) is 0 Å². The summed E-state index contributed by atoms with van der Waals surface area (Å²) in [5, 5.41) is 3.87. The lowest BCUT2D eigenvalue weighted by molar-refractivity contribution is -0.274. The van der Waals surface area contributed by atoms with Gasteiger partial charge in [-0.05, 0) is 42.0 Å². The molecule has 0 aliphatic rings. The Hall–Kier alpha value is -3.24. The molecule has 28 heavy (non-hydrogen) atoms. The number of nitrogens with zero attached hydrogens (tertiary/aromatic N) is 3. The number of alkyl halides is 6. The van der Waals surface area contributed by atoms with Gasteiger partial charge in [0.1, 0.15) is 12.1 Å². The minimum absolute atomic E-state index is 0.0702. The van der Waals surface area contributed by atoms with Crippen LogP contribution in [0, 0.1) is 0 Å². The van der Waals surface area contributed by atoms with E-state index in [4.69, 9.17) is 0 Å². The van der Waals surface area contributed by atoms with E-state index < -0.39 is 29.5 Å². The predicted molar refractivity (Wildman–Crippen MR) is 85.1 cm³/mol. The van der Waals surface area contributed by atoms with Gasteiger partial charge in [0.25, 0.3) is 0 Å². The molecule has 0 saturated heterocycles. The van der Waals surface area contributed by atoms with E-state index in [-0.39, 0.29) is 12.2 Å². The Morgan fingerprint density at radius 1 is 0.893 bits per heavy atom. The third kappa shape index (κ3) is 4.53. The Kier molecular flexibility index (Phi) is 4.92. The van der Waals surface area contributed by atoms with Crippen molar-refractivity contribution in [2.45, 2.75) is 19.1 Å². The number of ether oxygens (including phenoxy) is 1. The summed E-state index contributed by atoms with van der Waals surface area (Å²) in [6, 6.07) is 8.84. The van der Waals surface area contributed by atoms with Crippen LogP contribution in [0.2, 0.25) is 0 Å². The van der Waals surface area contributed by atoms with Crippen LogP contribution >= 0.6 is 0 Å². The van der Waals surface area contributed by atoms with Gasteiger partial charge in [-0.1, -0.05) is 12.1 Å². The molecule has 0 N–H and O–H groups in total. The smallest absolute Gasteiger partial charge is 0.406 e. The summed E-state index contributed by atoms with van der Waals surface area (Å²) in [6.07, 6.45) is -8.13. The van der Waals surface area contributed by atoms with Gasteiger partial charge in [0, 0.05) is 0 Å². The van der Waals surface area contributed by atoms with Crippen LogP contribution in [0.25, 0.3) is 5.69 Å². The first-order valence-electron chi connectivity index (χ1n) is 7.70. The lowest BCUT2D eigenvalue weighted by atomic mass is 10.1. The van der Waals surface area contributed by atoms with E-state index in [9.17, 15) is 31.1 Å². The second-order valence-corrected chi connectivity index (χ2v) is 5.68. The fraction of sp³-hybridized carbons (Fsp3) is 0.176. The highest BCUT2D eigenvalue weighted by molar-refractivity contribution is 5.37. The average molecular weight is 403 g/mol. The molecule has 1 heterocycles. The van der Waals surface area contributed by atoms with Gasteiger partial charge in [0.15, 0.2) is 0 Å². The zero-order chi connectivity index (χ0) is 20.5. The van der Waals surface area contributed by atoms with E-state index in [1.165, 1.54) is 24.3 Å². The van der Waals surface area contributed by atoms with Gasteiger partial charge in [0.05, 0.1) is 17.8 Å². The Morgan fingerprint density at radius 2 is 1.50 bits per heavy atom. The molecule has 0 amide bonds. The SMILES string of the molecule is O=c1n(-c2ccc(OC(F)(F)F)cc2)cnn1Cc1ccc(C(F)(F)F)cc1. The molecule has 0 saturated carbocycles. The predicted octanol–water partition coefficient (Wildman–Crippen LogP) is 4.00. The minimum atomic E-state index is -4.83. The zero-order valence-electron chi connectivity index (χ0n) is 13.8. The standard InChI is InChI=1S/C17H11F6N3O2/c18-16(19,20)12-3-1-11(2-4-12)9-26-15(27)25(10-24-26)13-5-7-14(8-6-13)28-17(21,22)23/h1-8,10H,9H2. The lowest BCUT2D eigenvalue weighted by Crippen LogP contribution is -2.24. The highest BCUT2D eigenvalue weighted by Gasteiger charge is 2.31. The summed E-state index contributed by atoms with van der Waals surface area (Å²) in [5.74, 6) is -0.443. The molecule has 0 aliphatic heterocycles. The molecule has 3 rings (SSSR count). The van der Waals surface area contributed by atoms with Crippen LogP contribution in [0.3, 0.4) is 0 Å². The van der Waals surface area contributed by atoms with Crippen LogP contribution in [0.4, 0.5) is 26.3 Å². The van der Waals surface area contributed by atoms with Crippen LogP contribution in [-0.4, -0.2) is 20.7 Å². The highest BCUT2D eigenvalue weighted by Crippen LogP contribution is 2.29. The third-order valence-electron chi connectivity index (χ3n) is 3.70. The molecule has 5 nitrogen and oxygen atoms in total. The monoisotopic (exact) mass is 403 g/mol. The van der Waals surface area contributed by atoms with E-state index in [2.05, 4.69) is 9.84 Å². The van der Waals surface area contributed by atoms with Crippen molar-refractivity contribution in [1.82, 2.24) is 14.3 Å². The van der Waals surface area contributed by atoms with Gasteiger partial charge >= 0.3 is 18.2 Å². The molecule has 2 aromatic carbocycles. The maximum Gasteiger partial charge on any atom is 0.573 e. The number of hydrogen-bond acceptors (Lipinski definition) is 3. The second-order valence-electron chi connectivity index (χ2n) is 5.68. The molecule has 0 unspecified atom stereocenters. The van der Waals surface area contributed by atoms with E-state index in [0.717, 1.165) is 39.8 Å². The summed E-state index contributed by atoms with van der Waals surface area (Å²) in [4.78, 5) is 12.4. The second kappa shape index (κ2) is 7.06. The molecular formula is C17H11F6N3O2. The van der Waals surface area contributed by atoms with Crippen molar-refractivity contribution in [2.24, 2.45) is 0 Å². The molecule has 0 atom stereocenters. The zero-order valence-corrected chi connectivity index (χ0v) is 13.8. The Bertz CT molecular complexity index is 1000. The molecule has 0 fully saturated rings. The molecule has 1 aromatic heterocycles. The van der Waals surface area contributed by atoms with Crippen LogP contribution in [0.5, 0.6) is 5.75 Å². The third-order valence-corrected chi connectivity index (χ3v) is 3.70. The van der Waals surface area contributed by atoms with Crippen LogP contribution < -0.4 is 10.4 Å². The molecule has 11 heteroatoms. The van der Waals surface area contributed by atoms with Gasteiger partial charge in [-0.2, -0.15) is 18.3 Å². The molecular weight excluding hydrogens is 392 g/mol. The number of benzene rings is 2. The summed E-state index contributed by atoms with van der Waals surface area (Å²) < 4.78 is 80.1. The van der Waals surface area contributed by atoms with Gasteiger partial charge in [-0.15, -0.1) is 13.2 Å². The van der Waals surface area contributed by atoms with E-state index in [1.54, 1.807) is 0 Å². The quantitative estimate of drug-likeness (QED) is 0.619. The highest BCUT2D eigenvalue weighted by atomic mass is 19.4. The summed E-state index contributed by atoms with van der Waals surface area (Å²) in [6.45, 7) is -0.0702. The average Bonchev–Trinajstić information content (AvgIpc) is 2.95. The summed E-state index contributed by atoms with van der Waals surface area (Å²) in [7, 11) is 0. The van der Waals surface area contributed by atoms with Crippen molar-refractivity contribution in [1.29, 1.82) is 0 Å². The first-order valence-corrected chi connectivity index (χ1v) is 7.70. The fourth-order valence-electron chi connectivity index (χ4n) is 2.40. The number of rotatable bonds is 4. The van der Waals surface area contributed by atoms with Crippen molar-refractivity contribution >= 4 is 0 Å². The normalized spacial score (nSPS) is 12.2. The van der Waals surface area contributed by atoms with Crippen molar-refractivity contribution in [3.63, 3.8) is 0 Å². The summed E-state index contributed by atoms with van der Waals surface area (Å²) in [5.41, 5.74) is -0.743. The number of aromatic nitrogens is 3. The molecule has 148 valence electrons. The lowest BCUT2D eigenvalue weighted by Gasteiger charge is -2.09. The van der Waals surface area contributed by atoms with Crippen LogP contribution in [-0.2, 0) is 12.7 Å². The first-order chi connectivity index (χ1) is 13.0. The maximum atomic E-state index is 12.6. The fourth-order valence-corrected chi connectivity index (χ4v) is 2.40. The molecule has 0 aliphatic carbocycles. The molecule has 0 radical (unpaired) electrons. The number of halogens is 6. The minimum Gasteiger partial charge on any atom is -0.406 e. The molecule has 0 spiro atoms. The van der Waals surface area contributed by atoms with Gasteiger partial charge in [-0.25, -0.2) is 14.0 Å². The first kappa shape index (κ1) is 19.5. The van der Waals surface area contributed by atoms with Crippen molar-refractivity contribution in [3.8, 4) is 11.4 Å². The topological polar surface area (TPSA) is 49.1 Å². The Balaban J connectivity index is 1.78. The maximum absolute atomic E-state index is 12.6. The van der Waals surface area contributed by atoms with E-state index in [1.807, 2.05) is 0 Å². The Morgan fingerprint density at radius 3 is 2.04 bits per heavy atom. The molecule has 3 aromatic rings. The van der Waals surface area contributed by atoms with Crippen molar-refractivity contribution in [2.75, 3.05) is 0 Å². The molecule has 0 bridgehead atoms. The van der Waals surface area contributed by atoms with E-state index in [0.29, 0.717) is 5.56 Å². The number of hydrogen-bond donors (Lipinski definition) is 0. The largest absolute Gasteiger partial charge is 0.573 e. The van der Waals surface area contributed by atoms with E-state index >= 15 is 0 Å². The van der Waals surface area contributed by atoms with Crippen LogP contribution in [0.1, 0.15) is 11.1 Å². The Labute approximate surface area is 153 Å². The summed E-state index contributed by atoms with van der Waals surface area (Å²) >= 11 is 0.